The molecule has 0 aliphatic carbocycles. The fraction of sp³-hybridized carbons (Fsp3) is 0.267. The normalized spacial score (nSPS) is 12.2. The van der Waals surface area contributed by atoms with Crippen LogP contribution in [0, 0.1) is 5.82 Å². The number of anilines is 1. The number of benzene rings is 1. The highest BCUT2D eigenvalue weighted by molar-refractivity contribution is 6.30. The molecule has 5 heteroatoms. The minimum absolute atomic E-state index is 0.0319. The summed E-state index contributed by atoms with van der Waals surface area (Å²) < 4.78 is 14.8. The van der Waals surface area contributed by atoms with Gasteiger partial charge in [0.25, 0.3) is 5.56 Å². The number of rotatable bonds is 4. The third-order valence-electron chi connectivity index (χ3n) is 3.15. The molecule has 0 radical (unpaired) electrons. The Balaban J connectivity index is 2.20. The summed E-state index contributed by atoms with van der Waals surface area (Å²) >= 11 is 5.78. The molecule has 0 spiro atoms. The van der Waals surface area contributed by atoms with E-state index in [1.54, 1.807) is 29.0 Å². The lowest BCUT2D eigenvalue weighted by Crippen LogP contribution is -2.18. The topological polar surface area (TPSA) is 34.0 Å². The molecule has 0 amide bonds. The Morgan fingerprint density at radius 2 is 2.10 bits per heavy atom. The predicted molar refractivity (Wildman–Crippen MR) is 79.8 cm³/mol. The SMILES string of the molecule is CCn1cc(NC(C)c2ccc(F)c(Cl)c2)ccc1=O. The lowest BCUT2D eigenvalue weighted by atomic mass is 10.1. The Morgan fingerprint density at radius 1 is 1.35 bits per heavy atom. The van der Waals surface area contributed by atoms with Crippen LogP contribution >= 0.6 is 11.6 Å². The molecule has 0 aliphatic rings. The smallest absolute Gasteiger partial charge is 0.250 e. The molecule has 1 unspecified atom stereocenters. The van der Waals surface area contributed by atoms with E-state index in [9.17, 15) is 9.18 Å². The highest BCUT2D eigenvalue weighted by Crippen LogP contribution is 2.23. The summed E-state index contributed by atoms with van der Waals surface area (Å²) in [7, 11) is 0. The molecule has 0 fully saturated rings. The zero-order valence-corrected chi connectivity index (χ0v) is 12.1. The molecule has 3 nitrogen and oxygen atoms in total. The highest BCUT2D eigenvalue weighted by atomic mass is 35.5. The van der Waals surface area contributed by atoms with Crippen LogP contribution in [0.5, 0.6) is 0 Å². The summed E-state index contributed by atoms with van der Waals surface area (Å²) in [6.45, 7) is 4.48. The van der Waals surface area contributed by atoms with Crippen molar-refractivity contribution in [3.8, 4) is 0 Å². The predicted octanol–water partition coefficient (Wildman–Crippen LogP) is 3.83. The summed E-state index contributed by atoms with van der Waals surface area (Å²) in [5.41, 5.74) is 1.68. The van der Waals surface area contributed by atoms with Crippen LogP contribution in [0.4, 0.5) is 10.1 Å². The van der Waals surface area contributed by atoms with Crippen molar-refractivity contribution in [2.24, 2.45) is 0 Å². The van der Waals surface area contributed by atoms with E-state index in [1.165, 1.54) is 12.1 Å². The van der Waals surface area contributed by atoms with Crippen molar-refractivity contribution in [2.75, 3.05) is 5.32 Å². The summed E-state index contributed by atoms with van der Waals surface area (Å²) in [5, 5.41) is 3.37. The lowest BCUT2D eigenvalue weighted by Gasteiger charge is -2.17. The second-order valence-electron chi connectivity index (χ2n) is 4.58. The number of nitrogens with zero attached hydrogens (tertiary/aromatic N) is 1. The quantitative estimate of drug-likeness (QED) is 0.930. The van der Waals surface area contributed by atoms with E-state index in [-0.39, 0.29) is 16.6 Å². The maximum Gasteiger partial charge on any atom is 0.250 e. The van der Waals surface area contributed by atoms with Crippen molar-refractivity contribution >= 4 is 17.3 Å². The Labute approximate surface area is 122 Å². The highest BCUT2D eigenvalue weighted by Gasteiger charge is 2.08. The second-order valence-corrected chi connectivity index (χ2v) is 4.99. The van der Waals surface area contributed by atoms with Gasteiger partial charge in [0.05, 0.1) is 10.7 Å². The first-order valence-corrected chi connectivity index (χ1v) is 6.81. The molecule has 1 aromatic heterocycles. The minimum atomic E-state index is -0.429. The van der Waals surface area contributed by atoms with Gasteiger partial charge >= 0.3 is 0 Å². The molecule has 0 aliphatic heterocycles. The van der Waals surface area contributed by atoms with Crippen LogP contribution in [-0.4, -0.2) is 4.57 Å². The molecule has 1 N–H and O–H groups in total. The summed E-state index contributed by atoms with van der Waals surface area (Å²) in [6.07, 6.45) is 1.77. The molecule has 1 atom stereocenters. The third kappa shape index (κ3) is 3.20. The van der Waals surface area contributed by atoms with E-state index >= 15 is 0 Å². The molecule has 1 aromatic carbocycles. The van der Waals surface area contributed by atoms with Gasteiger partial charge in [0.1, 0.15) is 5.82 Å². The Hall–Kier alpha value is -1.81. The van der Waals surface area contributed by atoms with Gasteiger partial charge in [-0.2, -0.15) is 0 Å². The lowest BCUT2D eigenvalue weighted by molar-refractivity contribution is 0.627. The van der Waals surface area contributed by atoms with Gasteiger partial charge in [0.2, 0.25) is 0 Å². The van der Waals surface area contributed by atoms with E-state index < -0.39 is 5.82 Å². The van der Waals surface area contributed by atoms with Gasteiger partial charge in [-0.25, -0.2) is 4.39 Å². The molecular weight excluding hydrogens is 279 g/mol. The van der Waals surface area contributed by atoms with E-state index in [0.717, 1.165) is 11.3 Å². The fourth-order valence-electron chi connectivity index (χ4n) is 1.98. The summed E-state index contributed by atoms with van der Waals surface area (Å²) in [6, 6.07) is 7.85. The van der Waals surface area contributed by atoms with Crippen molar-refractivity contribution in [3.63, 3.8) is 0 Å². The summed E-state index contributed by atoms with van der Waals surface area (Å²) in [5.74, 6) is -0.429. The molecule has 0 saturated carbocycles. The number of aromatic nitrogens is 1. The van der Waals surface area contributed by atoms with Gasteiger partial charge in [0.15, 0.2) is 0 Å². The Kier molecular flexibility index (Phi) is 4.45. The van der Waals surface area contributed by atoms with Crippen molar-refractivity contribution < 1.29 is 4.39 Å². The number of halogens is 2. The number of aryl methyl sites for hydroxylation is 1. The fourth-order valence-corrected chi connectivity index (χ4v) is 2.17. The van der Waals surface area contributed by atoms with Crippen LogP contribution in [0.25, 0.3) is 0 Å². The first-order chi connectivity index (χ1) is 9.51. The minimum Gasteiger partial charge on any atom is -0.377 e. The molecule has 106 valence electrons. The van der Waals surface area contributed by atoms with Crippen LogP contribution in [0.1, 0.15) is 25.5 Å². The summed E-state index contributed by atoms with van der Waals surface area (Å²) in [4.78, 5) is 11.5. The van der Waals surface area contributed by atoms with E-state index in [4.69, 9.17) is 11.6 Å². The molecule has 0 saturated heterocycles. The van der Waals surface area contributed by atoms with E-state index in [1.807, 2.05) is 13.8 Å². The number of pyridine rings is 1. The maximum atomic E-state index is 13.1. The van der Waals surface area contributed by atoms with Crippen LogP contribution in [-0.2, 0) is 6.54 Å². The Morgan fingerprint density at radius 3 is 2.75 bits per heavy atom. The van der Waals surface area contributed by atoms with Gasteiger partial charge in [-0.3, -0.25) is 4.79 Å². The number of hydrogen-bond acceptors (Lipinski definition) is 2. The van der Waals surface area contributed by atoms with Gasteiger partial charge in [-0.05, 0) is 37.6 Å². The van der Waals surface area contributed by atoms with Crippen molar-refractivity contribution in [1.29, 1.82) is 0 Å². The van der Waals surface area contributed by atoms with E-state index in [0.29, 0.717) is 6.54 Å². The molecule has 0 bridgehead atoms. The molecule has 2 rings (SSSR count). The average molecular weight is 295 g/mol. The van der Waals surface area contributed by atoms with Crippen molar-refractivity contribution in [3.05, 3.63) is 63.3 Å². The first kappa shape index (κ1) is 14.6. The molecule has 1 heterocycles. The van der Waals surface area contributed by atoms with Crippen LogP contribution in [0.2, 0.25) is 5.02 Å². The average Bonchev–Trinajstić information content (AvgIpc) is 2.43. The Bertz CT molecular complexity index is 669. The van der Waals surface area contributed by atoms with Gasteiger partial charge in [0, 0.05) is 24.8 Å². The van der Waals surface area contributed by atoms with Crippen LogP contribution in [0.3, 0.4) is 0 Å². The zero-order valence-electron chi connectivity index (χ0n) is 11.4. The van der Waals surface area contributed by atoms with Gasteiger partial charge in [-0.1, -0.05) is 17.7 Å². The van der Waals surface area contributed by atoms with E-state index in [2.05, 4.69) is 5.32 Å². The van der Waals surface area contributed by atoms with Crippen molar-refractivity contribution in [1.82, 2.24) is 4.57 Å². The van der Waals surface area contributed by atoms with Crippen LogP contribution in [0.15, 0.2) is 41.3 Å². The zero-order chi connectivity index (χ0) is 14.7. The standard InChI is InChI=1S/C15H16ClFN2O/c1-3-19-9-12(5-7-15(19)20)18-10(2)11-4-6-14(17)13(16)8-11/h4-10,18H,3H2,1-2H3. The monoisotopic (exact) mass is 294 g/mol. The van der Waals surface area contributed by atoms with Gasteiger partial charge in [-0.15, -0.1) is 0 Å². The molecule has 2 aromatic rings. The van der Waals surface area contributed by atoms with Crippen molar-refractivity contribution in [2.45, 2.75) is 26.4 Å². The number of hydrogen-bond donors (Lipinski definition) is 1. The van der Waals surface area contributed by atoms with Gasteiger partial charge < -0.3 is 9.88 Å². The molecular formula is C15H16ClFN2O. The second kappa shape index (κ2) is 6.09. The maximum absolute atomic E-state index is 13.1. The molecule has 20 heavy (non-hydrogen) atoms. The van der Waals surface area contributed by atoms with Crippen LogP contribution < -0.4 is 10.9 Å². The third-order valence-corrected chi connectivity index (χ3v) is 3.44. The first-order valence-electron chi connectivity index (χ1n) is 6.43. The largest absolute Gasteiger partial charge is 0.377 e. The number of nitrogens with one attached hydrogen (secondary N) is 1.